The van der Waals surface area contributed by atoms with Gasteiger partial charge in [-0.05, 0) is 36.8 Å². The maximum atomic E-state index is 12.3. The van der Waals surface area contributed by atoms with Crippen LogP contribution in [0.4, 0.5) is 0 Å². The van der Waals surface area contributed by atoms with Crippen molar-refractivity contribution in [2.45, 2.75) is 70.2 Å². The van der Waals surface area contributed by atoms with Crippen molar-refractivity contribution in [2.24, 2.45) is 5.92 Å². The van der Waals surface area contributed by atoms with Gasteiger partial charge >= 0.3 is 0 Å². The Kier molecular flexibility index (Phi) is 4.48. The number of Topliss-reactive ketones (excluding diaryl/α,β-unsaturated/α-hetero) is 1. The normalized spacial score (nSPS) is 36.4. The van der Waals surface area contributed by atoms with Gasteiger partial charge in [-0.25, -0.2) is 0 Å². The molecule has 118 valence electrons. The summed E-state index contributed by atoms with van der Waals surface area (Å²) in [5.41, 5.74) is 1.97. The minimum absolute atomic E-state index is 0.0824. The summed E-state index contributed by atoms with van der Waals surface area (Å²) in [5.74, 6) is -0.728. The van der Waals surface area contributed by atoms with Gasteiger partial charge in [-0.3, -0.25) is 4.79 Å². The molecule has 0 unspecified atom stereocenters. The van der Waals surface area contributed by atoms with Crippen LogP contribution >= 0.6 is 0 Å². The second-order valence-electron chi connectivity index (χ2n) is 6.55. The third-order valence-corrected chi connectivity index (χ3v) is 5.18. The zero-order valence-corrected chi connectivity index (χ0v) is 12.9. The second-order valence-corrected chi connectivity index (χ2v) is 6.55. The van der Waals surface area contributed by atoms with Gasteiger partial charge in [0.1, 0.15) is 6.10 Å². The Bertz CT molecular complexity index is 434. The van der Waals surface area contributed by atoms with Crippen LogP contribution in [-0.2, 0) is 14.3 Å². The summed E-state index contributed by atoms with van der Waals surface area (Å²) >= 11 is 0. The molecule has 3 atom stereocenters. The highest BCUT2D eigenvalue weighted by molar-refractivity contribution is 5.99. The minimum Gasteiger partial charge on any atom is -0.387 e. The van der Waals surface area contributed by atoms with Crippen LogP contribution in [0.25, 0.3) is 0 Å². The summed E-state index contributed by atoms with van der Waals surface area (Å²) in [4.78, 5) is 12.3. The molecule has 0 bridgehead atoms. The summed E-state index contributed by atoms with van der Waals surface area (Å²) in [6, 6.07) is 0. The lowest BCUT2D eigenvalue weighted by molar-refractivity contribution is -0.315. The van der Waals surface area contributed by atoms with Gasteiger partial charge in [0, 0.05) is 18.8 Å². The number of ether oxygens (including phenoxy) is 2. The first-order chi connectivity index (χ1) is 10.2. The van der Waals surface area contributed by atoms with Crippen LogP contribution < -0.4 is 0 Å². The Morgan fingerprint density at radius 1 is 1.29 bits per heavy atom. The van der Waals surface area contributed by atoms with Gasteiger partial charge in [0.15, 0.2) is 11.6 Å². The smallest absolute Gasteiger partial charge is 0.195 e. The lowest BCUT2D eigenvalue weighted by atomic mass is 9.83. The molecule has 2 heterocycles. The molecule has 4 nitrogen and oxygen atoms in total. The summed E-state index contributed by atoms with van der Waals surface area (Å²) in [5, 5.41) is 10.7. The maximum Gasteiger partial charge on any atom is 0.195 e. The molecular weight excluding hydrogens is 268 g/mol. The molecule has 0 aromatic heterocycles. The molecule has 1 spiro atoms. The van der Waals surface area contributed by atoms with Crippen LogP contribution in [0.1, 0.15) is 58.3 Å². The quantitative estimate of drug-likeness (QED) is 0.810. The SMILES string of the molecule is CCCCCC1=C2CO[C@@]3(CCCCO3)[C@H](O)[C@H]2CC1=O. The predicted molar refractivity (Wildman–Crippen MR) is 78.8 cm³/mol. The van der Waals surface area contributed by atoms with Crippen molar-refractivity contribution in [1.29, 1.82) is 0 Å². The molecule has 3 rings (SSSR count). The zero-order valence-electron chi connectivity index (χ0n) is 12.9. The van der Waals surface area contributed by atoms with E-state index in [1.807, 2.05) is 0 Å². The standard InChI is InChI=1S/C17H26O4/c1-2-3-4-7-12-14-11-21-17(8-5-6-9-20-17)16(19)13(14)10-15(12)18/h13,16,19H,2-11H2,1H3/t13-,16+,17-/m0/s1. The molecule has 0 radical (unpaired) electrons. The van der Waals surface area contributed by atoms with Crippen LogP contribution in [0.5, 0.6) is 0 Å². The van der Waals surface area contributed by atoms with Crippen LogP contribution in [-0.4, -0.2) is 36.0 Å². The first-order valence-electron chi connectivity index (χ1n) is 8.39. The summed E-state index contributed by atoms with van der Waals surface area (Å²) < 4.78 is 11.7. The summed E-state index contributed by atoms with van der Waals surface area (Å²) in [6.07, 6.45) is 6.68. The molecule has 0 amide bonds. The highest BCUT2D eigenvalue weighted by Crippen LogP contribution is 2.45. The van der Waals surface area contributed by atoms with Gasteiger partial charge < -0.3 is 14.6 Å². The van der Waals surface area contributed by atoms with Crippen molar-refractivity contribution in [3.8, 4) is 0 Å². The Labute approximate surface area is 126 Å². The number of hydrogen-bond donors (Lipinski definition) is 1. The number of unbranched alkanes of at least 4 members (excludes halogenated alkanes) is 2. The fourth-order valence-corrected chi connectivity index (χ4v) is 3.93. The van der Waals surface area contributed by atoms with E-state index in [1.54, 1.807) is 0 Å². The van der Waals surface area contributed by atoms with Crippen LogP contribution in [0.3, 0.4) is 0 Å². The Hall–Kier alpha value is -0.710. The third kappa shape index (κ3) is 2.69. The molecule has 1 N–H and O–H groups in total. The van der Waals surface area contributed by atoms with Crippen molar-refractivity contribution in [2.75, 3.05) is 13.2 Å². The van der Waals surface area contributed by atoms with E-state index in [0.717, 1.165) is 56.1 Å². The fourth-order valence-electron chi connectivity index (χ4n) is 3.93. The van der Waals surface area contributed by atoms with Gasteiger partial charge in [0.25, 0.3) is 0 Å². The maximum absolute atomic E-state index is 12.3. The Balaban J connectivity index is 1.76. The number of fused-ring (bicyclic) bond motifs is 1. The molecule has 2 saturated heterocycles. The van der Waals surface area contributed by atoms with E-state index < -0.39 is 11.9 Å². The van der Waals surface area contributed by atoms with Crippen LogP contribution in [0, 0.1) is 5.92 Å². The predicted octanol–water partition coefficient (Wildman–Crippen LogP) is 2.74. The number of aliphatic hydroxyl groups excluding tert-OH is 1. The lowest BCUT2D eigenvalue weighted by Crippen LogP contribution is -2.56. The number of aliphatic hydroxyl groups is 1. The second kappa shape index (κ2) is 6.19. The highest BCUT2D eigenvalue weighted by Gasteiger charge is 2.53. The van der Waals surface area contributed by atoms with E-state index in [2.05, 4.69) is 6.92 Å². The molecule has 21 heavy (non-hydrogen) atoms. The summed E-state index contributed by atoms with van der Waals surface area (Å²) in [7, 11) is 0. The van der Waals surface area contributed by atoms with Crippen molar-refractivity contribution in [1.82, 2.24) is 0 Å². The van der Waals surface area contributed by atoms with Gasteiger partial charge in [0.2, 0.25) is 0 Å². The number of rotatable bonds is 4. The molecule has 0 aromatic rings. The molecule has 0 aromatic carbocycles. The van der Waals surface area contributed by atoms with Gasteiger partial charge in [0.05, 0.1) is 13.2 Å². The van der Waals surface area contributed by atoms with Crippen LogP contribution in [0.2, 0.25) is 0 Å². The number of allylic oxidation sites excluding steroid dienone is 1. The van der Waals surface area contributed by atoms with E-state index in [0.29, 0.717) is 19.6 Å². The van der Waals surface area contributed by atoms with E-state index in [-0.39, 0.29) is 11.7 Å². The number of ketones is 1. The van der Waals surface area contributed by atoms with Gasteiger partial charge in [-0.1, -0.05) is 19.8 Å². The Morgan fingerprint density at radius 3 is 2.86 bits per heavy atom. The average Bonchev–Trinajstić information content (AvgIpc) is 2.82. The van der Waals surface area contributed by atoms with Gasteiger partial charge in [-0.2, -0.15) is 0 Å². The van der Waals surface area contributed by atoms with Crippen molar-refractivity contribution >= 4 is 5.78 Å². The third-order valence-electron chi connectivity index (χ3n) is 5.18. The van der Waals surface area contributed by atoms with Crippen molar-refractivity contribution < 1.29 is 19.4 Å². The molecule has 4 heteroatoms. The van der Waals surface area contributed by atoms with E-state index >= 15 is 0 Å². The molecule has 1 aliphatic carbocycles. The molecule has 2 aliphatic heterocycles. The topological polar surface area (TPSA) is 55.8 Å². The number of carbonyl (C=O) groups is 1. The highest BCUT2D eigenvalue weighted by atomic mass is 16.7. The molecule has 2 fully saturated rings. The average molecular weight is 294 g/mol. The van der Waals surface area contributed by atoms with Crippen LogP contribution in [0.15, 0.2) is 11.1 Å². The van der Waals surface area contributed by atoms with Gasteiger partial charge in [-0.15, -0.1) is 0 Å². The lowest BCUT2D eigenvalue weighted by Gasteiger charge is -2.46. The number of carbonyl (C=O) groups excluding carboxylic acids is 1. The van der Waals surface area contributed by atoms with E-state index in [9.17, 15) is 9.90 Å². The van der Waals surface area contributed by atoms with Crippen molar-refractivity contribution in [3.63, 3.8) is 0 Å². The monoisotopic (exact) mass is 294 g/mol. The largest absolute Gasteiger partial charge is 0.387 e. The molecule has 3 aliphatic rings. The molecule has 0 saturated carbocycles. The molecular formula is C17H26O4. The zero-order chi connectivity index (χ0) is 14.9. The fraction of sp³-hybridized carbons (Fsp3) is 0.824. The van der Waals surface area contributed by atoms with E-state index in [4.69, 9.17) is 9.47 Å². The van der Waals surface area contributed by atoms with Crippen molar-refractivity contribution in [3.05, 3.63) is 11.1 Å². The first-order valence-corrected chi connectivity index (χ1v) is 8.39. The summed E-state index contributed by atoms with van der Waals surface area (Å²) in [6.45, 7) is 3.25. The minimum atomic E-state index is -0.856. The first kappa shape index (κ1) is 15.2. The number of hydrogen-bond acceptors (Lipinski definition) is 4. The van der Waals surface area contributed by atoms with E-state index in [1.165, 1.54) is 0 Å². The Morgan fingerprint density at radius 2 is 2.14 bits per heavy atom.